The zero-order valence-electron chi connectivity index (χ0n) is 89.1. The monoisotopic (exact) mass is 2140 g/mol. The Hall–Kier alpha value is -4.30. The minimum Gasteiger partial charge on any atom is -0.0619 e. The molecule has 10 aromatic rings. The van der Waals surface area contributed by atoms with Gasteiger partial charge in [-0.25, -0.2) is 0 Å². The maximum absolute atomic E-state index is 2.37. The minimum atomic E-state index is 0.574. The van der Waals surface area contributed by atoms with E-state index in [-0.39, 0.29) is 0 Å². The van der Waals surface area contributed by atoms with Gasteiger partial charge in [-0.15, -0.1) is 0 Å². The average Bonchev–Trinajstić information content (AvgIpc) is 1.58. The van der Waals surface area contributed by atoms with Crippen molar-refractivity contribution in [2.75, 3.05) is 34.5 Å². The van der Waals surface area contributed by atoms with Gasteiger partial charge in [0.25, 0.3) is 0 Å². The van der Waals surface area contributed by atoms with Gasteiger partial charge in [0.15, 0.2) is 49.0 Å². The number of hydrogen-bond donors (Lipinski definition) is 0. The topological polar surface area (TPSA) is 0 Å². The Bertz CT molecular complexity index is 5190. The second-order valence-electron chi connectivity index (χ2n) is 47.2. The van der Waals surface area contributed by atoms with Crippen LogP contribution in [0.25, 0.3) is 0 Å². The molecular weight excluding hydrogens is 1950 g/mol. The molecule has 0 aromatic heterocycles. The van der Waals surface area contributed by atoms with E-state index in [1.807, 2.05) is 0 Å². The molecule has 20 aliphatic rings. The molecule has 22 unspecified atom stereocenters. The average molecular weight is 2140 g/mol. The zero-order chi connectivity index (χ0) is 98.0. The van der Waals surface area contributed by atoms with Gasteiger partial charge in [-0.1, -0.05) is 201 Å². The molecule has 776 valence electrons. The predicted molar refractivity (Wildman–Crippen MR) is 655 cm³/mol. The second kappa shape index (κ2) is 55.9. The normalized spacial score (nSPS) is 35.4. The van der Waals surface area contributed by atoms with Crippen LogP contribution in [-0.4, -0.2) is 108 Å². The molecule has 20 fully saturated rings. The highest BCUT2D eigenvalue weighted by Crippen LogP contribution is 2.52. The van der Waals surface area contributed by atoms with E-state index in [1.54, 1.807) is 49.0 Å². The van der Waals surface area contributed by atoms with Crippen molar-refractivity contribution in [1.29, 1.82) is 0 Å². The first-order valence-electron chi connectivity index (χ1n) is 60.0. The zero-order valence-corrected chi connectivity index (χ0v) is 97.3. The van der Waals surface area contributed by atoms with Crippen LogP contribution in [0.4, 0.5) is 0 Å². The highest BCUT2D eigenvalue weighted by Gasteiger charge is 2.56. The third-order valence-electron chi connectivity index (χ3n) is 37.7. The van der Waals surface area contributed by atoms with E-state index in [9.17, 15) is 0 Å². The van der Waals surface area contributed by atoms with E-state index in [0.29, 0.717) is 109 Å². The first kappa shape index (κ1) is 107. The van der Waals surface area contributed by atoms with Crippen LogP contribution in [0.1, 0.15) is 321 Å². The summed E-state index contributed by atoms with van der Waals surface area (Å²) < 4.78 is 0. The summed E-state index contributed by atoms with van der Waals surface area (Å²) in [6, 6.07) is 112. The van der Waals surface area contributed by atoms with E-state index < -0.39 is 0 Å². The van der Waals surface area contributed by atoms with E-state index in [0.717, 1.165) is 109 Å². The molecule has 0 radical (unpaired) electrons. The van der Waals surface area contributed by atoms with Crippen molar-refractivity contribution in [3.05, 3.63) is 303 Å². The van der Waals surface area contributed by atoms with Crippen LogP contribution in [0.5, 0.6) is 0 Å². The molecule has 0 amide bonds. The van der Waals surface area contributed by atoms with Crippen molar-refractivity contribution < 1.29 is 0 Å². The lowest BCUT2D eigenvalue weighted by Crippen LogP contribution is -2.40. The fourth-order valence-corrected chi connectivity index (χ4v) is 62.4. The summed E-state index contributed by atoms with van der Waals surface area (Å²) in [5.41, 5.74) is 0. The summed E-state index contributed by atoms with van der Waals surface area (Å²) in [5.74, 6) is 15.3. The molecule has 6 saturated carbocycles. The molecule has 10 heteroatoms. The van der Waals surface area contributed by atoms with Crippen molar-refractivity contribution >= 4 is 109 Å². The molecule has 20 bridgehead atoms. The smallest absolute Gasteiger partial charge is 0.0619 e. The Labute approximate surface area is 917 Å². The van der Waals surface area contributed by atoms with Gasteiger partial charge in [0.2, 0.25) is 0 Å². The van der Waals surface area contributed by atoms with Crippen LogP contribution < -0.4 is 0 Å². The predicted octanol–water partition coefficient (Wildman–Crippen LogP) is 35.3. The van der Waals surface area contributed by atoms with Crippen LogP contribution in [0, 0.1) is 35.5 Å². The molecule has 146 heavy (non-hydrogen) atoms. The molecule has 6 aliphatic carbocycles. The quantitative estimate of drug-likeness (QED) is 0.120. The number of hydrogen-bond acceptors (Lipinski definition) is 0. The van der Waals surface area contributed by atoms with Crippen molar-refractivity contribution in [1.82, 2.24) is 0 Å². The summed E-state index contributed by atoms with van der Waals surface area (Å²) in [7, 11) is 5.97. The van der Waals surface area contributed by atoms with Gasteiger partial charge in [0.1, 0.15) is 108 Å². The second-order valence-corrected chi connectivity index (χ2v) is 71.6. The third kappa shape index (κ3) is 28.8. The Morgan fingerprint density at radius 3 is 0.589 bits per heavy atom. The van der Waals surface area contributed by atoms with Gasteiger partial charge in [-0.3, -0.25) is 0 Å². The van der Waals surface area contributed by atoms with Crippen molar-refractivity contribution in [2.45, 2.75) is 443 Å². The minimum absolute atomic E-state index is 0.574. The van der Waals surface area contributed by atoms with Gasteiger partial charge >= 0.3 is 0 Å². The van der Waals surface area contributed by atoms with Crippen LogP contribution in [-0.2, 0) is 109 Å². The highest BCUT2D eigenvalue weighted by atomic mass is 32.2. The standard InChI is InChI=1S/2C15H21S.4C14H19S.2C13H17S.2C12H15S/c1-2-7-13(8-3-1)16-14-9-4-5-10-15(16)12-6-11-14;1-2-7-14(8-3-1)16-11-10-13-6-4-5-9-15(16)12-13;1-2-6-12(7-3-1)15-13-8-4-9-14(15)11-5-10-13;1-2-7-13(8-3-1)15-11-12-6-4-5-9-14(15)10-12;1-2-6-13(7-3-1)15-10-4-5-12-8-9-14(15)11-12;1-2-6-12(7-3-1)15-13-8-4-5-9-14(15)11-10-13;1-2-6-12(7-3-1)14-10-11-5-4-8-13(14)9-11;1-2-4-12(5-3-1)14-9-8-11-6-7-13(14)10-11;1-2-4-11(5-3-1)13-9-10-6-7-12(13)8-10;1-2-4-10(5-3-1)13-11-6-7-12(13)9-8-11/h1-3,7-8,14-15H,4-6,9-12H2;1-3,7-8,13,15H,4-6,9-12H2;1-3,6-7,13-14H,4-5,8-11H2;1-3,7-8,12,14H,4-6,9-11H2;1-3,6-7,12,14H,4-5,8-11H2;1-3,6-7,13-14H,4-5,8-11H2;1-3,6-7,11,13H,4-5,8-10H2;1-5,11,13H,6-10H2;1-5,10,12H,6-9H2;1-5,11-12H,6-9H2/q10*+1. The van der Waals surface area contributed by atoms with E-state index in [1.165, 1.54) is 356 Å². The summed E-state index contributed by atoms with van der Waals surface area (Å²) in [6.07, 6.45) is 75.0. The molecule has 14 heterocycles. The first-order chi connectivity index (χ1) is 72.4. The lowest BCUT2D eigenvalue weighted by atomic mass is 9.91. The molecular formula is C136H182S10+10. The van der Waals surface area contributed by atoms with E-state index in [4.69, 9.17) is 0 Å². The Morgan fingerprint density at radius 2 is 0.281 bits per heavy atom. The Balaban J connectivity index is 0.0000000954. The molecule has 0 spiro atoms. The molecule has 30 rings (SSSR count). The maximum Gasteiger partial charge on any atom is 0.155 e. The lowest BCUT2D eigenvalue weighted by molar-refractivity contribution is 0.422. The molecule has 14 aliphatic heterocycles. The molecule has 14 saturated heterocycles. The Kier molecular flexibility index (Phi) is 41.1. The van der Waals surface area contributed by atoms with Gasteiger partial charge < -0.3 is 0 Å². The summed E-state index contributed by atoms with van der Waals surface area (Å²) in [5, 5.41) is 14.4. The van der Waals surface area contributed by atoms with Gasteiger partial charge in [0, 0.05) is 184 Å². The maximum atomic E-state index is 2.37. The fourth-order valence-electron chi connectivity index (χ4n) is 30.5. The molecule has 22 atom stereocenters. The van der Waals surface area contributed by atoms with Crippen LogP contribution >= 0.6 is 0 Å². The van der Waals surface area contributed by atoms with E-state index in [2.05, 4.69) is 303 Å². The SMILES string of the molecule is c1ccc([S+]2C3CCC2CC3)cc1.c1ccc([S+]2C3CCCC2CCC3)cc1.c1ccc([S+]2C3CCCCC2CC3)cc1.c1ccc([S+]2C3CCCCC2CCC3)cc1.c1ccc([S+]2CC3CCC2C3)cc1.c1ccc([S+]2CC3CCCC2C3)cc1.c1ccc([S+]2CC3CCCCC2C3)cc1.c1ccc([S+]2CCC3CCC2C3)cc1.c1ccc([S+]2CCC3CCCCC2C3)cc1.c1ccc([S+]2CCCC3CCC2C3)cc1. The van der Waals surface area contributed by atoms with Crippen LogP contribution in [0.2, 0.25) is 0 Å². The summed E-state index contributed by atoms with van der Waals surface area (Å²) >= 11 is 0. The molecule has 0 nitrogen and oxygen atoms in total. The van der Waals surface area contributed by atoms with E-state index >= 15 is 0 Å². The van der Waals surface area contributed by atoms with Crippen molar-refractivity contribution in [3.8, 4) is 0 Å². The summed E-state index contributed by atoms with van der Waals surface area (Å²) in [6.45, 7) is 0. The number of benzene rings is 10. The fraction of sp³-hybridized carbons (Fsp3) is 0.559. The van der Waals surface area contributed by atoms with Crippen molar-refractivity contribution in [2.24, 2.45) is 35.5 Å². The first-order valence-corrected chi connectivity index (χ1v) is 74.1. The molecule has 10 aromatic carbocycles. The van der Waals surface area contributed by atoms with Gasteiger partial charge in [0.05, 0.1) is 0 Å². The van der Waals surface area contributed by atoms with Crippen molar-refractivity contribution in [3.63, 3.8) is 0 Å². The lowest BCUT2D eigenvalue weighted by Gasteiger charge is -2.34. The van der Waals surface area contributed by atoms with Crippen LogP contribution in [0.3, 0.4) is 0 Å². The van der Waals surface area contributed by atoms with Crippen LogP contribution in [0.15, 0.2) is 352 Å². The van der Waals surface area contributed by atoms with Gasteiger partial charge in [-0.05, 0) is 383 Å². The highest BCUT2D eigenvalue weighted by molar-refractivity contribution is 8.00. The molecule has 0 N–H and O–H groups in total. The third-order valence-corrected chi connectivity index (χ3v) is 67.7. The number of fused-ring (bicyclic) bond motifs is 20. The largest absolute Gasteiger partial charge is 0.155 e. The number of rotatable bonds is 10. The summed E-state index contributed by atoms with van der Waals surface area (Å²) in [4.78, 5) is 16.3. The van der Waals surface area contributed by atoms with Gasteiger partial charge in [-0.2, -0.15) is 0 Å². The Morgan fingerprint density at radius 1 is 0.116 bits per heavy atom.